The van der Waals surface area contributed by atoms with Gasteiger partial charge in [0.25, 0.3) is 0 Å². The number of rotatable bonds is 3. The van der Waals surface area contributed by atoms with E-state index in [0.29, 0.717) is 53.8 Å². The second kappa shape index (κ2) is 9.20. The molecule has 4 heteroatoms. The number of benzene rings is 1. The number of carbonyl (C=O) groups excluding carboxylic acids is 1. The quantitative estimate of drug-likeness (QED) is 0.368. The van der Waals surface area contributed by atoms with Gasteiger partial charge < -0.3 is 9.84 Å². The van der Waals surface area contributed by atoms with Crippen molar-refractivity contribution >= 4 is 5.97 Å². The lowest BCUT2D eigenvalue weighted by Crippen LogP contribution is -2.53. The predicted molar refractivity (Wildman–Crippen MR) is 149 cm³/mol. The van der Waals surface area contributed by atoms with Gasteiger partial charge in [-0.25, -0.2) is 4.79 Å². The first-order valence-corrected chi connectivity index (χ1v) is 15.7. The molecule has 4 nitrogen and oxygen atoms in total. The fraction of sp³-hybridized carbons (Fsp3) is 0.735. The highest BCUT2D eigenvalue weighted by molar-refractivity contribution is 5.89. The number of piperidine rings is 1. The number of hydrogen-bond donors (Lipinski definition) is 1. The second-order valence-electron chi connectivity index (χ2n) is 14.5. The Bertz CT molecular complexity index is 1100. The van der Waals surface area contributed by atoms with E-state index in [1.165, 1.54) is 44.2 Å². The maximum absolute atomic E-state index is 13.2. The molecular weight excluding hydrogens is 470 g/mol. The lowest BCUT2D eigenvalue weighted by Gasteiger charge is -2.58. The molecule has 2 saturated heterocycles. The summed E-state index contributed by atoms with van der Waals surface area (Å²) in [5, 5.41) is 10.4. The minimum Gasteiger partial charge on any atom is -0.461 e. The van der Waals surface area contributed by atoms with Gasteiger partial charge in [0.1, 0.15) is 0 Å². The van der Waals surface area contributed by atoms with Crippen LogP contribution >= 0.6 is 0 Å². The summed E-state index contributed by atoms with van der Waals surface area (Å²) >= 11 is 0. The van der Waals surface area contributed by atoms with Crippen LogP contribution in [0.2, 0.25) is 0 Å². The van der Waals surface area contributed by atoms with Crippen LogP contribution in [0.4, 0.5) is 0 Å². The van der Waals surface area contributed by atoms with Gasteiger partial charge in [-0.1, -0.05) is 50.6 Å². The van der Waals surface area contributed by atoms with Crippen molar-refractivity contribution in [3.63, 3.8) is 0 Å². The molecule has 0 bridgehead atoms. The monoisotopic (exact) mass is 517 g/mol. The molecule has 4 aliphatic carbocycles. The van der Waals surface area contributed by atoms with Crippen molar-refractivity contribution in [3.05, 3.63) is 47.5 Å². The number of carbonyl (C=O) groups is 1. The standard InChI is InChI=1S/C34H47NO3/c1-21-9-12-29-22(2)31-30(35(29)19-21)18-28-26-11-10-24-17-25(36)13-15-33(24,3)27(26)14-16-34(28,31)20-38-32(37)23-7-5-4-6-8-23/h4-8,10,21-22,25-31,36H,9,11-20H2,1-3H3/t21-,22+,25?,26+,27-,28-,29+,30-,31-,33-,34+/m0/s1. The summed E-state index contributed by atoms with van der Waals surface area (Å²) in [6.45, 7) is 9.33. The summed E-state index contributed by atoms with van der Waals surface area (Å²) in [5.74, 6) is 3.90. The minimum atomic E-state index is -0.157. The van der Waals surface area contributed by atoms with Gasteiger partial charge in [0.15, 0.2) is 0 Å². The molecule has 7 rings (SSSR count). The number of hydrogen-bond acceptors (Lipinski definition) is 4. The normalized spacial score (nSPS) is 47.7. The lowest BCUT2D eigenvalue weighted by molar-refractivity contribution is -0.0929. The molecule has 1 aromatic carbocycles. The van der Waals surface area contributed by atoms with Gasteiger partial charge in [0.05, 0.1) is 18.3 Å². The maximum atomic E-state index is 13.2. The summed E-state index contributed by atoms with van der Waals surface area (Å²) in [5.41, 5.74) is 2.54. The van der Waals surface area contributed by atoms with E-state index in [-0.39, 0.29) is 22.9 Å². The second-order valence-corrected chi connectivity index (χ2v) is 14.5. The first kappa shape index (κ1) is 25.3. The van der Waals surface area contributed by atoms with Crippen LogP contribution in [0.15, 0.2) is 42.0 Å². The Morgan fingerprint density at radius 2 is 1.87 bits per heavy atom. The topological polar surface area (TPSA) is 49.8 Å². The molecular formula is C34H47NO3. The van der Waals surface area contributed by atoms with Crippen molar-refractivity contribution in [3.8, 4) is 0 Å². The van der Waals surface area contributed by atoms with Crippen LogP contribution in [0, 0.1) is 46.3 Å². The van der Waals surface area contributed by atoms with Crippen molar-refractivity contribution in [1.82, 2.24) is 4.90 Å². The van der Waals surface area contributed by atoms with Crippen LogP contribution in [0.1, 0.15) is 88.9 Å². The molecule has 206 valence electrons. The highest BCUT2D eigenvalue weighted by Gasteiger charge is 2.68. The molecule has 1 unspecified atom stereocenters. The number of nitrogens with zero attached hydrogens (tertiary/aromatic N) is 1. The van der Waals surface area contributed by atoms with Gasteiger partial charge in [-0.2, -0.15) is 0 Å². The molecule has 1 N–H and O–H groups in total. The summed E-state index contributed by atoms with van der Waals surface area (Å²) in [6, 6.07) is 10.9. The summed E-state index contributed by atoms with van der Waals surface area (Å²) in [4.78, 5) is 16.2. The fourth-order valence-corrected chi connectivity index (χ4v) is 11.2. The zero-order chi connectivity index (χ0) is 26.2. The average Bonchev–Trinajstić information content (AvgIpc) is 3.41. The van der Waals surface area contributed by atoms with E-state index in [0.717, 1.165) is 31.6 Å². The third-order valence-corrected chi connectivity index (χ3v) is 12.9. The maximum Gasteiger partial charge on any atom is 0.338 e. The molecule has 11 atom stereocenters. The van der Waals surface area contributed by atoms with E-state index in [4.69, 9.17) is 4.74 Å². The molecule has 0 amide bonds. The minimum absolute atomic E-state index is 0.0894. The van der Waals surface area contributed by atoms with Gasteiger partial charge in [-0.05, 0) is 111 Å². The molecule has 2 heterocycles. The third-order valence-electron chi connectivity index (χ3n) is 12.9. The molecule has 6 aliphatic rings. The van der Waals surface area contributed by atoms with E-state index >= 15 is 0 Å². The third kappa shape index (κ3) is 3.65. The number of aliphatic hydroxyl groups is 1. The van der Waals surface area contributed by atoms with E-state index in [1.54, 1.807) is 0 Å². The van der Waals surface area contributed by atoms with Crippen molar-refractivity contribution in [2.45, 2.75) is 96.7 Å². The highest BCUT2D eigenvalue weighted by atomic mass is 16.5. The van der Waals surface area contributed by atoms with Gasteiger partial charge >= 0.3 is 5.97 Å². The predicted octanol–water partition coefficient (Wildman–Crippen LogP) is 6.49. The van der Waals surface area contributed by atoms with Crippen LogP contribution in [0.25, 0.3) is 0 Å². The van der Waals surface area contributed by atoms with E-state index in [1.807, 2.05) is 30.3 Å². The van der Waals surface area contributed by atoms with Crippen LogP contribution in [0.3, 0.4) is 0 Å². The average molecular weight is 518 g/mol. The first-order valence-electron chi connectivity index (χ1n) is 15.7. The number of ether oxygens (including phenoxy) is 1. The summed E-state index contributed by atoms with van der Waals surface area (Å²) < 4.78 is 6.32. The molecule has 5 fully saturated rings. The van der Waals surface area contributed by atoms with E-state index in [2.05, 4.69) is 31.7 Å². The Hall–Kier alpha value is -1.65. The summed E-state index contributed by atoms with van der Waals surface area (Å²) in [7, 11) is 0. The smallest absolute Gasteiger partial charge is 0.338 e. The van der Waals surface area contributed by atoms with E-state index in [9.17, 15) is 9.90 Å². The van der Waals surface area contributed by atoms with Crippen molar-refractivity contribution in [1.29, 1.82) is 0 Å². The van der Waals surface area contributed by atoms with Crippen molar-refractivity contribution in [2.24, 2.45) is 46.3 Å². The Balaban J connectivity index is 1.23. The van der Waals surface area contributed by atoms with Crippen molar-refractivity contribution in [2.75, 3.05) is 13.2 Å². The molecule has 38 heavy (non-hydrogen) atoms. The number of allylic oxidation sites excluding steroid dienone is 1. The van der Waals surface area contributed by atoms with E-state index < -0.39 is 0 Å². The Kier molecular flexibility index (Phi) is 6.13. The Morgan fingerprint density at radius 3 is 2.68 bits per heavy atom. The zero-order valence-corrected chi connectivity index (χ0v) is 23.6. The first-order chi connectivity index (χ1) is 18.3. The van der Waals surface area contributed by atoms with Crippen LogP contribution in [-0.2, 0) is 4.74 Å². The van der Waals surface area contributed by atoms with Crippen LogP contribution < -0.4 is 0 Å². The highest BCUT2D eigenvalue weighted by Crippen LogP contribution is 2.70. The Labute approximate surface area is 229 Å². The Morgan fingerprint density at radius 1 is 1.05 bits per heavy atom. The van der Waals surface area contributed by atoms with Gasteiger partial charge in [0, 0.05) is 24.0 Å². The van der Waals surface area contributed by atoms with Gasteiger partial charge in [-0.15, -0.1) is 0 Å². The van der Waals surface area contributed by atoms with Crippen molar-refractivity contribution < 1.29 is 14.6 Å². The number of fused-ring (bicyclic) bond motifs is 9. The zero-order valence-electron chi connectivity index (χ0n) is 23.6. The van der Waals surface area contributed by atoms with Crippen LogP contribution in [0.5, 0.6) is 0 Å². The number of aliphatic hydroxyl groups excluding tert-OH is 1. The molecule has 0 spiro atoms. The molecule has 3 saturated carbocycles. The van der Waals surface area contributed by atoms with Gasteiger partial charge in [0.2, 0.25) is 0 Å². The molecule has 2 aliphatic heterocycles. The molecule has 0 aromatic heterocycles. The number of esters is 1. The molecule has 0 radical (unpaired) electrons. The lowest BCUT2D eigenvalue weighted by atomic mass is 9.46. The fourth-order valence-electron chi connectivity index (χ4n) is 11.2. The molecule has 1 aromatic rings. The SMILES string of the molecule is C[C@H]1CC[C@@H]2[C@@H](C)[C@H]3[C@H](C[C@H]4[C@@H]5CC=C6CC(O)CC[C@]6(C)[C@H]5CC[C@]34COC(=O)c3ccccc3)N2C1. The van der Waals surface area contributed by atoms with Crippen LogP contribution in [-0.4, -0.2) is 47.3 Å². The summed E-state index contributed by atoms with van der Waals surface area (Å²) in [6.07, 6.45) is 12.9. The largest absolute Gasteiger partial charge is 0.461 e. The van der Waals surface area contributed by atoms with Gasteiger partial charge in [-0.3, -0.25) is 4.90 Å².